The Labute approximate surface area is 94.0 Å². The number of esters is 1. The van der Waals surface area contributed by atoms with E-state index in [4.69, 9.17) is 10.5 Å². The number of carbonyl (C=O) groups is 1. The van der Waals surface area contributed by atoms with Crippen LogP contribution in [-0.2, 0) is 11.8 Å². The van der Waals surface area contributed by atoms with Gasteiger partial charge in [-0.3, -0.25) is 4.68 Å². The topological polar surface area (TPSA) is 90.4 Å². The Bertz CT molecular complexity index is 362. The van der Waals surface area contributed by atoms with Crippen LogP contribution in [0.25, 0.3) is 0 Å². The fourth-order valence-electron chi connectivity index (χ4n) is 1.42. The molecule has 6 nitrogen and oxygen atoms in total. The van der Waals surface area contributed by atoms with E-state index < -0.39 is 12.1 Å². The zero-order chi connectivity index (χ0) is 12.1. The normalized spacial score (nSPS) is 12.5. The molecule has 0 radical (unpaired) electrons. The monoisotopic (exact) mass is 227 g/mol. The summed E-state index contributed by atoms with van der Waals surface area (Å²) in [5.41, 5.74) is 5.98. The molecule has 0 amide bonds. The van der Waals surface area contributed by atoms with E-state index in [0.29, 0.717) is 18.5 Å². The Morgan fingerprint density at radius 2 is 2.44 bits per heavy atom. The summed E-state index contributed by atoms with van der Waals surface area (Å²) < 4.78 is 6.33. The highest BCUT2D eigenvalue weighted by Gasteiger charge is 2.21. The van der Waals surface area contributed by atoms with E-state index in [9.17, 15) is 9.90 Å². The Hall–Kier alpha value is -1.40. The maximum absolute atomic E-state index is 11.5. The maximum Gasteiger partial charge on any atom is 0.359 e. The van der Waals surface area contributed by atoms with Gasteiger partial charge >= 0.3 is 5.97 Å². The van der Waals surface area contributed by atoms with Crippen molar-refractivity contribution in [1.82, 2.24) is 9.78 Å². The minimum Gasteiger partial charge on any atom is -0.461 e. The number of nitrogens with two attached hydrogens (primary N) is 1. The zero-order valence-corrected chi connectivity index (χ0v) is 9.51. The molecular weight excluding hydrogens is 210 g/mol. The average Bonchev–Trinajstić information content (AvgIpc) is 2.61. The van der Waals surface area contributed by atoms with E-state index in [0.717, 1.165) is 0 Å². The summed E-state index contributed by atoms with van der Waals surface area (Å²) in [5, 5.41) is 13.8. The number of aliphatic hydroxyl groups excluding tert-OH is 1. The number of aryl methyl sites for hydroxylation is 1. The molecule has 0 aromatic carbocycles. The summed E-state index contributed by atoms with van der Waals surface area (Å²) in [6, 6.07) is 0. The number of carbonyl (C=O) groups excluding carboxylic acids is 1. The quantitative estimate of drug-likeness (QED) is 0.690. The Morgan fingerprint density at radius 3 is 3.00 bits per heavy atom. The molecular formula is C10H17N3O3. The van der Waals surface area contributed by atoms with Gasteiger partial charge in [0, 0.05) is 18.8 Å². The van der Waals surface area contributed by atoms with Crippen LogP contribution in [0.4, 0.5) is 0 Å². The van der Waals surface area contributed by atoms with Gasteiger partial charge in [0.15, 0.2) is 5.69 Å². The van der Waals surface area contributed by atoms with E-state index in [-0.39, 0.29) is 12.3 Å². The van der Waals surface area contributed by atoms with Crippen molar-refractivity contribution in [3.63, 3.8) is 0 Å². The highest BCUT2D eigenvalue weighted by molar-refractivity contribution is 5.88. The molecule has 0 aliphatic carbocycles. The third kappa shape index (κ3) is 2.80. The summed E-state index contributed by atoms with van der Waals surface area (Å²) in [4.78, 5) is 11.5. The summed E-state index contributed by atoms with van der Waals surface area (Å²) in [7, 11) is 1.68. The van der Waals surface area contributed by atoms with Crippen molar-refractivity contribution >= 4 is 5.97 Å². The molecule has 1 unspecified atom stereocenters. The number of hydrogen-bond acceptors (Lipinski definition) is 5. The largest absolute Gasteiger partial charge is 0.461 e. The Balaban J connectivity index is 2.95. The molecule has 90 valence electrons. The molecule has 0 aliphatic rings. The number of aromatic nitrogens is 2. The van der Waals surface area contributed by atoms with Crippen LogP contribution in [0.15, 0.2) is 6.20 Å². The van der Waals surface area contributed by atoms with Crippen LogP contribution in [0, 0.1) is 0 Å². The number of hydrogen-bond donors (Lipinski definition) is 2. The third-order valence-corrected chi connectivity index (χ3v) is 2.12. The van der Waals surface area contributed by atoms with E-state index in [1.807, 2.05) is 0 Å². The maximum atomic E-state index is 11.5. The lowest BCUT2D eigenvalue weighted by molar-refractivity contribution is 0.0511. The van der Waals surface area contributed by atoms with Gasteiger partial charge in [-0.1, -0.05) is 0 Å². The minimum atomic E-state index is -0.780. The van der Waals surface area contributed by atoms with Crippen LogP contribution in [0.3, 0.4) is 0 Å². The summed E-state index contributed by atoms with van der Waals surface area (Å²) in [6.45, 7) is 2.34. The molecule has 0 saturated heterocycles. The first-order chi connectivity index (χ1) is 7.60. The van der Waals surface area contributed by atoms with Crippen molar-refractivity contribution in [2.75, 3.05) is 13.2 Å². The minimum absolute atomic E-state index is 0.158. The van der Waals surface area contributed by atoms with Gasteiger partial charge in [-0.15, -0.1) is 0 Å². The SMILES string of the molecule is CCOC(=O)c1nn(C)cc1C(O)CCN. The fourth-order valence-corrected chi connectivity index (χ4v) is 1.42. The fraction of sp³-hybridized carbons (Fsp3) is 0.600. The molecule has 1 rings (SSSR count). The van der Waals surface area contributed by atoms with Gasteiger partial charge in [0.1, 0.15) is 0 Å². The lowest BCUT2D eigenvalue weighted by Crippen LogP contribution is -2.12. The first-order valence-electron chi connectivity index (χ1n) is 5.19. The Kier molecular flexibility index (Phi) is 4.45. The predicted octanol–water partition coefficient (Wildman–Crippen LogP) is -0.0210. The molecule has 0 spiro atoms. The molecule has 0 fully saturated rings. The van der Waals surface area contributed by atoms with Crippen LogP contribution in [0.5, 0.6) is 0 Å². The van der Waals surface area contributed by atoms with Gasteiger partial charge in [-0.2, -0.15) is 5.10 Å². The first-order valence-corrected chi connectivity index (χ1v) is 5.19. The molecule has 0 bridgehead atoms. The van der Waals surface area contributed by atoms with Crippen molar-refractivity contribution in [1.29, 1.82) is 0 Å². The molecule has 3 N–H and O–H groups in total. The Morgan fingerprint density at radius 1 is 1.75 bits per heavy atom. The molecule has 6 heteroatoms. The van der Waals surface area contributed by atoms with E-state index >= 15 is 0 Å². The first kappa shape index (κ1) is 12.7. The number of ether oxygens (including phenoxy) is 1. The van der Waals surface area contributed by atoms with Crippen LogP contribution in [-0.4, -0.2) is 34.0 Å². The van der Waals surface area contributed by atoms with Gasteiger partial charge in [0.05, 0.1) is 12.7 Å². The lowest BCUT2D eigenvalue weighted by Gasteiger charge is -2.08. The van der Waals surface area contributed by atoms with E-state index in [1.54, 1.807) is 20.2 Å². The van der Waals surface area contributed by atoms with Gasteiger partial charge in [0.2, 0.25) is 0 Å². The van der Waals surface area contributed by atoms with Crippen molar-refractivity contribution in [3.8, 4) is 0 Å². The highest BCUT2D eigenvalue weighted by Crippen LogP contribution is 2.20. The summed E-state index contributed by atoms with van der Waals surface area (Å²) >= 11 is 0. The molecule has 1 aromatic heterocycles. The summed E-state index contributed by atoms with van der Waals surface area (Å²) in [6.07, 6.45) is 1.21. The van der Waals surface area contributed by atoms with Gasteiger partial charge in [-0.05, 0) is 19.9 Å². The van der Waals surface area contributed by atoms with Crippen LogP contribution < -0.4 is 5.73 Å². The summed E-state index contributed by atoms with van der Waals surface area (Å²) in [5.74, 6) is -0.519. The number of aliphatic hydroxyl groups is 1. The number of rotatable bonds is 5. The van der Waals surface area contributed by atoms with Crippen molar-refractivity contribution in [3.05, 3.63) is 17.5 Å². The molecule has 1 aromatic rings. The van der Waals surface area contributed by atoms with E-state index in [1.165, 1.54) is 4.68 Å². The van der Waals surface area contributed by atoms with E-state index in [2.05, 4.69) is 5.10 Å². The van der Waals surface area contributed by atoms with Crippen LogP contribution in [0.1, 0.15) is 35.5 Å². The molecule has 1 atom stereocenters. The second-order valence-electron chi connectivity index (χ2n) is 3.42. The van der Waals surface area contributed by atoms with Crippen molar-refractivity contribution in [2.45, 2.75) is 19.4 Å². The van der Waals surface area contributed by atoms with Crippen molar-refractivity contribution in [2.24, 2.45) is 12.8 Å². The molecule has 0 saturated carbocycles. The predicted molar refractivity (Wildman–Crippen MR) is 57.8 cm³/mol. The van der Waals surface area contributed by atoms with Crippen molar-refractivity contribution < 1.29 is 14.6 Å². The zero-order valence-electron chi connectivity index (χ0n) is 9.51. The number of nitrogens with zero attached hydrogens (tertiary/aromatic N) is 2. The smallest absolute Gasteiger partial charge is 0.359 e. The molecule has 1 heterocycles. The average molecular weight is 227 g/mol. The second-order valence-corrected chi connectivity index (χ2v) is 3.42. The van der Waals surface area contributed by atoms with Gasteiger partial charge in [0.25, 0.3) is 0 Å². The third-order valence-electron chi connectivity index (χ3n) is 2.12. The lowest BCUT2D eigenvalue weighted by atomic mass is 10.1. The second kappa shape index (κ2) is 5.62. The van der Waals surface area contributed by atoms with Crippen LogP contribution in [0.2, 0.25) is 0 Å². The standard InChI is InChI=1S/C10H17N3O3/c1-3-16-10(15)9-7(6-13(2)12-9)8(14)4-5-11/h6,8,14H,3-5,11H2,1-2H3. The van der Waals surface area contributed by atoms with Gasteiger partial charge < -0.3 is 15.6 Å². The van der Waals surface area contributed by atoms with Crippen LogP contribution >= 0.6 is 0 Å². The molecule has 16 heavy (non-hydrogen) atoms. The molecule has 0 aliphatic heterocycles. The van der Waals surface area contributed by atoms with Gasteiger partial charge in [-0.25, -0.2) is 4.79 Å². The highest BCUT2D eigenvalue weighted by atomic mass is 16.5.